The van der Waals surface area contributed by atoms with Crippen LogP contribution in [0.3, 0.4) is 0 Å². The Morgan fingerprint density at radius 3 is 1.10 bits per heavy atom. The van der Waals surface area contributed by atoms with Gasteiger partial charge < -0.3 is 0 Å². The fourth-order valence-corrected chi connectivity index (χ4v) is 9.99. The molecule has 0 atom stereocenters. The third-order valence-corrected chi connectivity index (χ3v) is 20.8. The molecule has 0 aliphatic carbocycles. The Morgan fingerprint density at radius 1 is 0.552 bits per heavy atom. The summed E-state index contributed by atoms with van der Waals surface area (Å²) in [6.07, 6.45) is 4.18. The van der Waals surface area contributed by atoms with Crippen LogP contribution in [0.5, 0.6) is 0 Å². The van der Waals surface area contributed by atoms with Gasteiger partial charge in [0.25, 0.3) is 0 Å². The molecule has 1 heterocycles. The molecule has 8 nitrogen and oxygen atoms in total. The minimum absolute atomic E-state index is 0. The van der Waals surface area contributed by atoms with Crippen LogP contribution in [0.25, 0.3) is 0 Å². The van der Waals surface area contributed by atoms with Crippen molar-refractivity contribution < 1.29 is 27.8 Å². The average molecular weight is 502 g/mol. The summed E-state index contributed by atoms with van der Waals surface area (Å²) in [5.74, 6) is 0. The number of rotatable bonds is 5. The molecule has 0 saturated carbocycles. The van der Waals surface area contributed by atoms with E-state index >= 15 is 0 Å². The van der Waals surface area contributed by atoms with Crippen LogP contribution in [-0.2, 0) is 27.8 Å². The molecule has 0 aromatic carbocycles. The van der Waals surface area contributed by atoms with Crippen molar-refractivity contribution in [2.24, 2.45) is 0 Å². The van der Waals surface area contributed by atoms with E-state index < -0.39 is 14.6 Å². The summed E-state index contributed by atoms with van der Waals surface area (Å²) in [4.78, 5) is 0. The van der Waals surface area contributed by atoms with Crippen molar-refractivity contribution in [1.82, 2.24) is 19.3 Å². The normalized spacial score (nSPS) is 23.3. The second-order valence-electron chi connectivity index (χ2n) is 8.91. The van der Waals surface area contributed by atoms with E-state index in [0.29, 0.717) is 0 Å². The Morgan fingerprint density at radius 2 is 0.828 bits per heavy atom. The van der Waals surface area contributed by atoms with Crippen LogP contribution >= 0.6 is 24.8 Å². The third kappa shape index (κ3) is 6.98. The monoisotopic (exact) mass is 501 g/mol. The summed E-state index contributed by atoms with van der Waals surface area (Å²) in [5, 5.41) is 14.4. The van der Waals surface area contributed by atoms with Crippen LogP contribution in [0.4, 0.5) is 0 Å². The maximum absolute atomic E-state index is 6.18. The molecule has 11 heteroatoms. The van der Waals surface area contributed by atoms with Crippen LogP contribution in [-0.4, -0.2) is 84.2 Å². The topological polar surface area (TPSA) is 76.2 Å². The Kier molecular flexibility index (Phi) is 13.0. The average Bonchev–Trinajstić information content (AvgIpc) is 2.69. The molecule has 0 spiro atoms. The van der Waals surface area contributed by atoms with Crippen LogP contribution < -0.4 is 16.0 Å². The van der Waals surface area contributed by atoms with Gasteiger partial charge >= 0.3 is 164 Å². The molecule has 0 aromatic rings. The molecule has 181 valence electrons. The van der Waals surface area contributed by atoms with E-state index in [4.69, 9.17) is 13.3 Å². The number of hydrogen-bond acceptors (Lipinski definition) is 8. The first-order valence-corrected chi connectivity index (χ1v) is 16.8. The van der Waals surface area contributed by atoms with E-state index in [1.54, 1.807) is 28.4 Å². The molecule has 1 rings (SSSR count). The maximum Gasteiger partial charge on any atom is -0.147 e. The molecule has 0 amide bonds. The molecule has 1 saturated heterocycles. The molecule has 1 aliphatic rings. The van der Waals surface area contributed by atoms with Crippen LogP contribution in [0, 0.1) is 0 Å². The van der Waals surface area contributed by atoms with Crippen molar-refractivity contribution in [2.75, 3.05) is 80.8 Å². The molecule has 3 N–H and O–H groups in total. The summed E-state index contributed by atoms with van der Waals surface area (Å²) in [6, 6.07) is 0. The maximum atomic E-state index is 6.18. The Labute approximate surface area is 188 Å². The molecule has 0 unspecified atom stereocenters. The first kappa shape index (κ1) is 32.2. The minimum Gasteiger partial charge on any atom is -0.147 e. The van der Waals surface area contributed by atoms with Gasteiger partial charge in [0.15, 0.2) is 0 Å². The van der Waals surface area contributed by atoms with Crippen molar-refractivity contribution in [3.8, 4) is 0 Å². The molecule has 1 aliphatic heterocycles. The summed E-state index contributed by atoms with van der Waals surface area (Å²) >= 11 is -5.76. The van der Waals surface area contributed by atoms with Crippen LogP contribution in [0.15, 0.2) is 0 Å². The quantitative estimate of drug-likeness (QED) is 0.496. The minimum atomic E-state index is -5.76. The molecule has 0 aromatic heterocycles. The number of nitrogens with one attached hydrogen (secondary N) is 3. The van der Waals surface area contributed by atoms with E-state index in [2.05, 4.69) is 19.3 Å². The molecule has 29 heavy (non-hydrogen) atoms. The van der Waals surface area contributed by atoms with Gasteiger partial charge in [-0.25, -0.2) is 0 Å². The predicted molar refractivity (Wildman–Crippen MR) is 123 cm³/mol. The summed E-state index contributed by atoms with van der Waals surface area (Å²) < 4.78 is 26.9. The van der Waals surface area contributed by atoms with Crippen molar-refractivity contribution >= 4 is 24.8 Å². The second kappa shape index (κ2) is 11.7. The van der Waals surface area contributed by atoms with Gasteiger partial charge in [-0.1, -0.05) is 0 Å². The zero-order valence-corrected chi connectivity index (χ0v) is 22.6. The third-order valence-electron chi connectivity index (χ3n) is 7.12. The van der Waals surface area contributed by atoms with E-state index in [1.807, 2.05) is 10.5 Å². The van der Waals surface area contributed by atoms with Crippen LogP contribution in [0.2, 0.25) is 10.5 Å². The number of hydrogen-bond donors (Lipinski definition) is 3. The molecular formula is C18H47Cl2N4O4Ti. The fraction of sp³-hybridized carbons (Fsp3) is 1.00. The molecular weight excluding hydrogens is 455 g/mol. The Balaban J connectivity index is 0. The smallest absolute Gasteiger partial charge is 0.147 e. The molecule has 0 bridgehead atoms. The van der Waals surface area contributed by atoms with Crippen molar-refractivity contribution in [3.05, 3.63) is 0 Å². The van der Waals surface area contributed by atoms with Crippen LogP contribution in [0.1, 0.15) is 25.7 Å². The largest absolute Gasteiger partial charge is 0.147 e. The van der Waals surface area contributed by atoms with Crippen molar-refractivity contribution in [2.45, 2.75) is 36.1 Å². The first-order chi connectivity index (χ1) is 12.7. The van der Waals surface area contributed by atoms with Gasteiger partial charge in [-0.05, 0) is 0 Å². The van der Waals surface area contributed by atoms with Gasteiger partial charge in [0, 0.05) is 0 Å². The van der Waals surface area contributed by atoms with Gasteiger partial charge in [-0.2, -0.15) is 0 Å². The Hall–Kier alpha value is 0.974. The van der Waals surface area contributed by atoms with Gasteiger partial charge in [-0.15, -0.1) is 24.8 Å². The van der Waals surface area contributed by atoms with Gasteiger partial charge in [-0.3, -0.25) is 0 Å². The van der Waals surface area contributed by atoms with Gasteiger partial charge in [0.1, 0.15) is 0 Å². The summed E-state index contributed by atoms with van der Waals surface area (Å²) in [7, 11) is 6.54. The molecule has 0 radical (unpaired) electrons. The first-order valence-electron chi connectivity index (χ1n) is 10.4. The van der Waals surface area contributed by atoms with E-state index in [1.165, 1.54) is 0 Å². The van der Waals surface area contributed by atoms with E-state index in [-0.39, 0.29) is 24.8 Å². The SMILES string of the molecule is C[O][Ti]([CH3])([CH3])([O]C)([O]C)([O]C)[N]1CCCNCCCNCCCNCCC1.Cl.Cl. The fourth-order valence-electron chi connectivity index (χ4n) is 3.78. The van der Waals surface area contributed by atoms with E-state index in [9.17, 15) is 0 Å². The number of halogens is 2. The van der Waals surface area contributed by atoms with E-state index in [0.717, 1.165) is 78.0 Å². The number of nitrogens with zero attached hydrogens (tertiary/aromatic N) is 1. The van der Waals surface area contributed by atoms with Crippen molar-refractivity contribution in [1.29, 1.82) is 0 Å². The van der Waals surface area contributed by atoms with Crippen molar-refractivity contribution in [3.63, 3.8) is 0 Å². The molecule has 1 fully saturated rings. The standard InChI is InChI=1S/C12H27N4.4CH3O.2CH3.2ClH.Ti/c1-5-13-7-2-9-15-11-4-12-16-10-3-8-14-6-1;4*1-2;;;;;/h13-15H,1-12H2;4*1H3;2*1H3;2*1H;/q5*-1;;;;;+5. The second-order valence-corrected chi connectivity index (χ2v) is 23.2. The summed E-state index contributed by atoms with van der Waals surface area (Å²) in [5.41, 5.74) is 0. The predicted octanol–water partition coefficient (Wildman–Crippen LogP) is 2.49. The summed E-state index contributed by atoms with van der Waals surface area (Å²) in [6.45, 7) is 7.54. The van der Waals surface area contributed by atoms with Gasteiger partial charge in [0.05, 0.1) is 0 Å². The zero-order chi connectivity index (χ0) is 20.4. The van der Waals surface area contributed by atoms with Gasteiger partial charge in [0.2, 0.25) is 0 Å². The Bertz CT molecular complexity index is 441. The zero-order valence-electron chi connectivity index (χ0n) is 19.4.